The standard InChI is InChI=1S/C20H31N3O2S/c1-15-6-7-17(16(2)12-15)26-14-19(25)23-10-8-22(9-11-23)13-18(24)21-20(3,4)5/h6-7,12H,8-11,13-14H2,1-5H3,(H,21,24). The van der Waals surface area contributed by atoms with Gasteiger partial charge in [-0.1, -0.05) is 17.7 Å². The molecular weight excluding hydrogens is 346 g/mol. The Hall–Kier alpha value is -1.53. The summed E-state index contributed by atoms with van der Waals surface area (Å²) in [6.07, 6.45) is 0. The van der Waals surface area contributed by atoms with Crippen LogP contribution in [0.5, 0.6) is 0 Å². The average Bonchev–Trinajstić information content (AvgIpc) is 2.52. The molecule has 0 radical (unpaired) electrons. The summed E-state index contributed by atoms with van der Waals surface area (Å²) in [7, 11) is 0. The summed E-state index contributed by atoms with van der Waals surface area (Å²) in [6, 6.07) is 6.32. The van der Waals surface area contributed by atoms with Gasteiger partial charge in [0.05, 0.1) is 12.3 Å². The van der Waals surface area contributed by atoms with Crippen LogP contribution in [0.15, 0.2) is 23.1 Å². The number of carbonyl (C=O) groups excluding carboxylic acids is 2. The smallest absolute Gasteiger partial charge is 0.234 e. The fourth-order valence-electron chi connectivity index (χ4n) is 3.01. The Morgan fingerprint density at radius 2 is 1.77 bits per heavy atom. The number of nitrogens with one attached hydrogen (secondary N) is 1. The molecule has 0 aromatic heterocycles. The molecule has 2 amide bonds. The van der Waals surface area contributed by atoms with Crippen molar-refractivity contribution in [2.75, 3.05) is 38.5 Å². The molecule has 0 spiro atoms. The molecule has 1 aromatic carbocycles. The third kappa shape index (κ3) is 6.65. The van der Waals surface area contributed by atoms with Crippen LogP contribution in [0.1, 0.15) is 31.9 Å². The Bertz CT molecular complexity index is 647. The van der Waals surface area contributed by atoms with Crippen molar-refractivity contribution in [2.24, 2.45) is 0 Å². The number of aryl methyl sites for hydroxylation is 2. The minimum Gasteiger partial charge on any atom is -0.350 e. The summed E-state index contributed by atoms with van der Waals surface area (Å²) in [4.78, 5) is 29.7. The van der Waals surface area contributed by atoms with Crippen LogP contribution < -0.4 is 5.32 Å². The maximum atomic E-state index is 12.5. The second kappa shape index (κ2) is 8.91. The van der Waals surface area contributed by atoms with E-state index in [1.54, 1.807) is 11.8 Å². The zero-order valence-corrected chi connectivity index (χ0v) is 17.4. The molecular formula is C20H31N3O2S. The van der Waals surface area contributed by atoms with E-state index in [0.29, 0.717) is 25.4 Å². The zero-order chi connectivity index (χ0) is 19.3. The summed E-state index contributed by atoms with van der Waals surface area (Å²) in [5.74, 6) is 0.686. The molecule has 5 nitrogen and oxygen atoms in total. The van der Waals surface area contributed by atoms with Crippen LogP contribution in [0.25, 0.3) is 0 Å². The molecule has 6 heteroatoms. The SMILES string of the molecule is Cc1ccc(SCC(=O)N2CCN(CC(=O)NC(C)(C)C)CC2)c(C)c1. The molecule has 0 atom stereocenters. The van der Waals surface area contributed by atoms with Gasteiger partial charge >= 0.3 is 0 Å². The number of hydrogen-bond acceptors (Lipinski definition) is 4. The fourth-order valence-corrected chi connectivity index (χ4v) is 3.92. The van der Waals surface area contributed by atoms with Crippen LogP contribution >= 0.6 is 11.8 Å². The summed E-state index contributed by atoms with van der Waals surface area (Å²) < 4.78 is 0. The Labute approximate surface area is 161 Å². The highest BCUT2D eigenvalue weighted by molar-refractivity contribution is 8.00. The van der Waals surface area contributed by atoms with Gasteiger partial charge in [0, 0.05) is 36.6 Å². The molecule has 1 aromatic rings. The summed E-state index contributed by atoms with van der Waals surface area (Å²) in [6.45, 7) is 13.4. The fraction of sp³-hybridized carbons (Fsp3) is 0.600. The largest absolute Gasteiger partial charge is 0.350 e. The minimum absolute atomic E-state index is 0.0441. The number of benzene rings is 1. The van der Waals surface area contributed by atoms with Crippen LogP contribution in [-0.2, 0) is 9.59 Å². The lowest BCUT2D eigenvalue weighted by Gasteiger charge is -2.35. The maximum Gasteiger partial charge on any atom is 0.234 e. The van der Waals surface area contributed by atoms with E-state index in [-0.39, 0.29) is 17.4 Å². The van der Waals surface area contributed by atoms with Crippen molar-refractivity contribution >= 4 is 23.6 Å². The quantitative estimate of drug-likeness (QED) is 0.801. The number of nitrogens with zero attached hydrogens (tertiary/aromatic N) is 2. The van der Waals surface area contributed by atoms with Crippen LogP contribution in [0.3, 0.4) is 0 Å². The van der Waals surface area contributed by atoms with E-state index in [1.807, 2.05) is 25.7 Å². The first-order valence-electron chi connectivity index (χ1n) is 9.15. The average molecular weight is 378 g/mol. The number of carbonyl (C=O) groups is 2. The highest BCUT2D eigenvalue weighted by Crippen LogP contribution is 2.23. The van der Waals surface area contributed by atoms with Crippen LogP contribution in [0.2, 0.25) is 0 Å². The highest BCUT2D eigenvalue weighted by Gasteiger charge is 2.23. The van der Waals surface area contributed by atoms with Gasteiger partial charge in [-0.15, -0.1) is 11.8 Å². The lowest BCUT2D eigenvalue weighted by atomic mass is 10.1. The van der Waals surface area contributed by atoms with Crippen molar-refractivity contribution in [1.82, 2.24) is 15.1 Å². The van der Waals surface area contributed by atoms with E-state index in [0.717, 1.165) is 13.1 Å². The second-order valence-corrected chi connectivity index (χ2v) is 9.03. The Morgan fingerprint density at radius 1 is 1.12 bits per heavy atom. The van der Waals surface area contributed by atoms with Gasteiger partial charge in [-0.25, -0.2) is 0 Å². The lowest BCUT2D eigenvalue weighted by Crippen LogP contribution is -2.53. The van der Waals surface area contributed by atoms with Crippen LogP contribution in [-0.4, -0.2) is 65.6 Å². The maximum absolute atomic E-state index is 12.5. The van der Waals surface area contributed by atoms with Crippen molar-refractivity contribution in [1.29, 1.82) is 0 Å². The van der Waals surface area contributed by atoms with Gasteiger partial charge in [0.1, 0.15) is 0 Å². The monoisotopic (exact) mass is 377 g/mol. The first kappa shape index (κ1) is 20.8. The first-order valence-corrected chi connectivity index (χ1v) is 10.1. The van der Waals surface area contributed by atoms with E-state index < -0.39 is 0 Å². The molecule has 1 fully saturated rings. The third-order valence-corrected chi connectivity index (χ3v) is 5.45. The van der Waals surface area contributed by atoms with Crippen molar-refractivity contribution in [3.8, 4) is 0 Å². The molecule has 0 bridgehead atoms. The van der Waals surface area contributed by atoms with Gasteiger partial charge < -0.3 is 10.2 Å². The van der Waals surface area contributed by atoms with E-state index in [2.05, 4.69) is 42.3 Å². The van der Waals surface area contributed by atoms with Crippen molar-refractivity contribution in [3.05, 3.63) is 29.3 Å². The van der Waals surface area contributed by atoms with Crippen LogP contribution in [0, 0.1) is 13.8 Å². The van der Waals surface area contributed by atoms with Crippen LogP contribution in [0.4, 0.5) is 0 Å². The highest BCUT2D eigenvalue weighted by atomic mass is 32.2. The van der Waals surface area contributed by atoms with Gasteiger partial charge in [0.15, 0.2) is 0 Å². The minimum atomic E-state index is -0.208. The molecule has 1 heterocycles. The third-order valence-electron chi connectivity index (χ3n) is 4.29. The number of piperazine rings is 1. The van der Waals surface area contributed by atoms with E-state index >= 15 is 0 Å². The Morgan fingerprint density at radius 3 is 2.35 bits per heavy atom. The molecule has 0 saturated carbocycles. The van der Waals surface area contributed by atoms with Crippen molar-refractivity contribution < 1.29 is 9.59 Å². The van der Waals surface area contributed by atoms with Gasteiger partial charge in [0.25, 0.3) is 0 Å². The number of thioether (sulfide) groups is 1. The van der Waals surface area contributed by atoms with Gasteiger partial charge in [-0.05, 0) is 46.2 Å². The molecule has 1 aliphatic rings. The molecule has 0 aliphatic carbocycles. The molecule has 0 unspecified atom stereocenters. The predicted molar refractivity (Wildman–Crippen MR) is 108 cm³/mol. The molecule has 1 N–H and O–H groups in total. The predicted octanol–water partition coefficient (Wildman–Crippen LogP) is 2.45. The first-order chi connectivity index (χ1) is 12.1. The second-order valence-electron chi connectivity index (χ2n) is 8.01. The van der Waals surface area contributed by atoms with Crippen molar-refractivity contribution in [3.63, 3.8) is 0 Å². The van der Waals surface area contributed by atoms with Gasteiger partial charge in [-0.2, -0.15) is 0 Å². The van der Waals surface area contributed by atoms with E-state index in [9.17, 15) is 9.59 Å². The van der Waals surface area contributed by atoms with Crippen molar-refractivity contribution in [2.45, 2.75) is 45.1 Å². The Balaban J connectivity index is 1.75. The molecule has 1 saturated heterocycles. The molecule has 144 valence electrons. The summed E-state index contributed by atoms with van der Waals surface area (Å²) in [5, 5.41) is 2.98. The summed E-state index contributed by atoms with van der Waals surface area (Å²) >= 11 is 1.61. The lowest BCUT2D eigenvalue weighted by molar-refractivity contribution is -0.130. The van der Waals surface area contributed by atoms with Gasteiger partial charge in [-0.3, -0.25) is 14.5 Å². The Kier molecular flexibility index (Phi) is 7.12. The molecule has 2 rings (SSSR count). The topological polar surface area (TPSA) is 52.7 Å². The number of rotatable bonds is 5. The van der Waals surface area contributed by atoms with Gasteiger partial charge in [0.2, 0.25) is 11.8 Å². The molecule has 26 heavy (non-hydrogen) atoms. The number of hydrogen-bond donors (Lipinski definition) is 1. The van der Waals surface area contributed by atoms with E-state index in [4.69, 9.17) is 0 Å². The normalized spacial score (nSPS) is 15.8. The zero-order valence-electron chi connectivity index (χ0n) is 16.6. The number of amides is 2. The molecule has 1 aliphatic heterocycles. The summed E-state index contributed by atoms with van der Waals surface area (Å²) in [5.41, 5.74) is 2.25. The van der Waals surface area contributed by atoms with E-state index in [1.165, 1.54) is 16.0 Å².